The second kappa shape index (κ2) is 7.37. The molecular weight excluding hydrogens is 310 g/mol. The summed E-state index contributed by atoms with van der Waals surface area (Å²) in [6.07, 6.45) is 9.72. The van der Waals surface area contributed by atoms with Gasteiger partial charge in [-0.25, -0.2) is 0 Å². The molecule has 5 nitrogen and oxygen atoms in total. The van der Waals surface area contributed by atoms with Crippen LogP contribution in [0.2, 0.25) is 0 Å². The summed E-state index contributed by atoms with van der Waals surface area (Å²) in [7, 11) is 2.01. The van der Waals surface area contributed by atoms with E-state index < -0.39 is 0 Å². The fraction of sp³-hybridized carbons (Fsp3) is 0.850. The molecule has 0 aromatic carbocycles. The molecule has 0 N–H and O–H groups in total. The molecule has 0 unspecified atom stereocenters. The maximum absolute atomic E-state index is 4.33. The quantitative estimate of drug-likeness (QED) is 0.818. The van der Waals surface area contributed by atoms with E-state index in [0.29, 0.717) is 6.04 Å². The summed E-state index contributed by atoms with van der Waals surface area (Å²) < 4.78 is 1.92. The van der Waals surface area contributed by atoms with E-state index in [1.54, 1.807) is 0 Å². The number of fused-ring (bicyclic) bond motifs is 1. The van der Waals surface area contributed by atoms with Crippen molar-refractivity contribution in [1.29, 1.82) is 0 Å². The lowest BCUT2D eigenvalue weighted by Crippen LogP contribution is -2.50. The Morgan fingerprint density at radius 3 is 2.64 bits per heavy atom. The van der Waals surface area contributed by atoms with Gasteiger partial charge >= 0.3 is 0 Å². The fourth-order valence-electron chi connectivity index (χ4n) is 5.65. The molecule has 3 aliphatic heterocycles. The first-order valence-corrected chi connectivity index (χ1v) is 10.3. The van der Waals surface area contributed by atoms with E-state index in [2.05, 4.69) is 39.8 Å². The molecule has 1 aromatic rings. The maximum Gasteiger partial charge on any atom is 0.0534 e. The van der Waals surface area contributed by atoms with Crippen LogP contribution in [-0.4, -0.2) is 75.3 Å². The standard InChI is InChI=1S/C20H35N5/c1-16(2)25-19(15-23-7-4-5-8-23)10-18-14-24(9-6-20(18)25)13-17-11-21-22(3)12-17/h11-12,16,18-20H,4-10,13-15H2,1-3H3/t18-,19+,20+/m1/s1. The van der Waals surface area contributed by atoms with Crippen molar-refractivity contribution >= 4 is 0 Å². The van der Waals surface area contributed by atoms with Crippen LogP contribution in [0.1, 0.15) is 45.1 Å². The Bertz CT molecular complexity index is 562. The van der Waals surface area contributed by atoms with Crippen molar-refractivity contribution < 1.29 is 0 Å². The van der Waals surface area contributed by atoms with Gasteiger partial charge in [-0.05, 0) is 65.1 Å². The van der Waals surface area contributed by atoms with Crippen molar-refractivity contribution in [3.8, 4) is 0 Å². The number of rotatable bonds is 5. The molecule has 0 saturated carbocycles. The van der Waals surface area contributed by atoms with Crippen molar-refractivity contribution in [3.05, 3.63) is 18.0 Å². The van der Waals surface area contributed by atoms with E-state index in [4.69, 9.17) is 0 Å². The molecule has 25 heavy (non-hydrogen) atoms. The summed E-state index contributed by atoms with van der Waals surface area (Å²) in [6, 6.07) is 2.25. The first-order valence-electron chi connectivity index (χ1n) is 10.3. The molecule has 0 bridgehead atoms. The molecule has 4 rings (SSSR count). The summed E-state index contributed by atoms with van der Waals surface area (Å²) in [5.41, 5.74) is 1.35. The summed E-state index contributed by atoms with van der Waals surface area (Å²) >= 11 is 0. The smallest absolute Gasteiger partial charge is 0.0534 e. The van der Waals surface area contributed by atoms with E-state index in [9.17, 15) is 0 Å². The molecule has 5 heteroatoms. The molecule has 140 valence electrons. The minimum absolute atomic E-state index is 0.674. The maximum atomic E-state index is 4.33. The summed E-state index contributed by atoms with van der Waals surface area (Å²) in [5.74, 6) is 0.848. The Kier molecular flexibility index (Phi) is 5.16. The number of aromatic nitrogens is 2. The highest BCUT2D eigenvalue weighted by Gasteiger charge is 2.45. The molecule has 0 radical (unpaired) electrons. The van der Waals surface area contributed by atoms with Crippen LogP contribution in [0.4, 0.5) is 0 Å². The van der Waals surface area contributed by atoms with Crippen LogP contribution in [0.3, 0.4) is 0 Å². The van der Waals surface area contributed by atoms with Crippen molar-refractivity contribution in [3.63, 3.8) is 0 Å². The van der Waals surface area contributed by atoms with Gasteiger partial charge in [-0.1, -0.05) is 0 Å². The van der Waals surface area contributed by atoms with Gasteiger partial charge in [-0.2, -0.15) is 5.10 Å². The van der Waals surface area contributed by atoms with E-state index in [0.717, 1.165) is 24.5 Å². The van der Waals surface area contributed by atoms with Crippen LogP contribution in [0.15, 0.2) is 12.4 Å². The summed E-state index contributed by atoms with van der Waals surface area (Å²) in [5, 5.41) is 4.33. The number of piperidine rings is 1. The number of likely N-dealkylation sites (tertiary alicyclic amines) is 3. The molecule has 0 spiro atoms. The Balaban J connectivity index is 1.39. The van der Waals surface area contributed by atoms with Gasteiger partial charge in [0.15, 0.2) is 0 Å². The van der Waals surface area contributed by atoms with Crippen LogP contribution in [0, 0.1) is 5.92 Å². The molecule has 3 saturated heterocycles. The molecule has 0 aliphatic carbocycles. The van der Waals surface area contributed by atoms with Gasteiger partial charge in [0.2, 0.25) is 0 Å². The van der Waals surface area contributed by atoms with Crippen molar-refractivity contribution in [2.75, 3.05) is 32.7 Å². The van der Waals surface area contributed by atoms with Crippen LogP contribution < -0.4 is 0 Å². The zero-order valence-corrected chi connectivity index (χ0v) is 16.3. The van der Waals surface area contributed by atoms with E-state index in [1.165, 1.54) is 64.0 Å². The lowest BCUT2D eigenvalue weighted by atomic mass is 9.91. The van der Waals surface area contributed by atoms with Gasteiger partial charge in [0, 0.05) is 56.6 Å². The summed E-state index contributed by atoms with van der Waals surface area (Å²) in [6.45, 7) is 12.3. The lowest BCUT2D eigenvalue weighted by Gasteiger charge is -2.41. The second-order valence-electron chi connectivity index (χ2n) is 8.81. The number of hydrogen-bond donors (Lipinski definition) is 0. The van der Waals surface area contributed by atoms with Crippen LogP contribution in [-0.2, 0) is 13.6 Å². The molecule has 4 heterocycles. The number of hydrogen-bond acceptors (Lipinski definition) is 4. The van der Waals surface area contributed by atoms with Gasteiger partial charge in [-0.3, -0.25) is 14.5 Å². The third kappa shape index (κ3) is 3.79. The van der Waals surface area contributed by atoms with Crippen LogP contribution >= 0.6 is 0 Å². The van der Waals surface area contributed by atoms with Gasteiger partial charge in [-0.15, -0.1) is 0 Å². The predicted octanol–water partition coefficient (Wildman–Crippen LogP) is 2.19. The largest absolute Gasteiger partial charge is 0.302 e. The Labute approximate surface area is 153 Å². The molecule has 3 fully saturated rings. The molecule has 3 aliphatic rings. The first-order chi connectivity index (χ1) is 12.1. The average Bonchev–Trinajstić information content (AvgIpc) is 3.27. The van der Waals surface area contributed by atoms with Gasteiger partial charge < -0.3 is 4.90 Å². The van der Waals surface area contributed by atoms with Gasteiger partial charge in [0.1, 0.15) is 0 Å². The Morgan fingerprint density at radius 2 is 1.96 bits per heavy atom. The normalized spacial score (nSPS) is 31.9. The van der Waals surface area contributed by atoms with Crippen LogP contribution in [0.5, 0.6) is 0 Å². The molecular formula is C20H35N5. The lowest BCUT2D eigenvalue weighted by molar-refractivity contribution is 0.0683. The third-order valence-electron chi connectivity index (χ3n) is 6.59. The second-order valence-corrected chi connectivity index (χ2v) is 8.81. The zero-order valence-electron chi connectivity index (χ0n) is 16.3. The van der Waals surface area contributed by atoms with E-state index >= 15 is 0 Å². The molecule has 0 amide bonds. The molecule has 1 aromatic heterocycles. The number of aryl methyl sites for hydroxylation is 1. The zero-order chi connectivity index (χ0) is 17.4. The monoisotopic (exact) mass is 345 g/mol. The van der Waals surface area contributed by atoms with Crippen molar-refractivity contribution in [2.45, 2.75) is 64.2 Å². The van der Waals surface area contributed by atoms with Crippen molar-refractivity contribution in [2.24, 2.45) is 13.0 Å². The van der Waals surface area contributed by atoms with E-state index in [1.807, 2.05) is 17.9 Å². The topological polar surface area (TPSA) is 27.5 Å². The SMILES string of the molecule is CC(C)N1[C@H](CN2CCCC2)C[C@@H]2CN(Cc3cnn(C)c3)CC[C@@H]21. The number of nitrogens with zero attached hydrogens (tertiary/aromatic N) is 5. The molecule has 3 atom stereocenters. The van der Waals surface area contributed by atoms with Crippen molar-refractivity contribution in [1.82, 2.24) is 24.5 Å². The van der Waals surface area contributed by atoms with E-state index in [-0.39, 0.29) is 0 Å². The minimum Gasteiger partial charge on any atom is -0.302 e. The highest BCUT2D eigenvalue weighted by atomic mass is 15.3. The predicted molar refractivity (Wildman–Crippen MR) is 101 cm³/mol. The minimum atomic E-state index is 0.674. The highest BCUT2D eigenvalue weighted by molar-refractivity contribution is 5.05. The van der Waals surface area contributed by atoms with Crippen LogP contribution in [0.25, 0.3) is 0 Å². The first kappa shape index (κ1) is 17.5. The average molecular weight is 346 g/mol. The van der Waals surface area contributed by atoms with Gasteiger partial charge in [0.05, 0.1) is 6.20 Å². The third-order valence-corrected chi connectivity index (χ3v) is 6.59. The summed E-state index contributed by atoms with van der Waals surface area (Å²) in [4.78, 5) is 8.25. The van der Waals surface area contributed by atoms with Gasteiger partial charge in [0.25, 0.3) is 0 Å². The highest BCUT2D eigenvalue weighted by Crippen LogP contribution is 2.38. The Morgan fingerprint density at radius 1 is 1.16 bits per heavy atom. The fourth-order valence-corrected chi connectivity index (χ4v) is 5.65. The Hall–Kier alpha value is -0.910.